The molecule has 0 fully saturated rings. The van der Waals surface area contributed by atoms with Crippen LogP contribution in [0.25, 0.3) is 0 Å². The quantitative estimate of drug-likeness (QED) is 0.283. The second kappa shape index (κ2) is 13.3. The number of amides is 2. The smallest absolute Gasteiger partial charge is 0.264 e. The molecule has 11 heteroatoms. The number of anilines is 1. The van der Waals surface area contributed by atoms with Gasteiger partial charge in [0.2, 0.25) is 11.8 Å². The maximum absolute atomic E-state index is 14.0. The maximum Gasteiger partial charge on any atom is 0.264 e. The molecule has 0 heterocycles. The zero-order valence-corrected chi connectivity index (χ0v) is 26.0. The largest absolute Gasteiger partial charge is 0.352 e. The van der Waals surface area contributed by atoms with Crippen molar-refractivity contribution in [3.05, 3.63) is 92.4 Å². The van der Waals surface area contributed by atoms with Crippen molar-refractivity contribution >= 4 is 62.3 Å². The van der Waals surface area contributed by atoms with E-state index in [4.69, 9.17) is 34.8 Å². The van der Waals surface area contributed by atoms with Crippen molar-refractivity contribution in [1.29, 1.82) is 0 Å². The van der Waals surface area contributed by atoms with Crippen molar-refractivity contribution in [3.8, 4) is 0 Å². The molecule has 3 rings (SSSR count). The van der Waals surface area contributed by atoms with Crippen molar-refractivity contribution < 1.29 is 18.0 Å². The number of halogens is 3. The summed E-state index contributed by atoms with van der Waals surface area (Å²) in [7, 11) is -4.19. The molecule has 0 saturated heterocycles. The molecule has 0 bridgehead atoms. The summed E-state index contributed by atoms with van der Waals surface area (Å²) in [6, 6.07) is 14.8. The van der Waals surface area contributed by atoms with Crippen molar-refractivity contribution in [2.45, 2.75) is 58.1 Å². The molecule has 0 radical (unpaired) electrons. The number of carbonyl (C=O) groups excluding carboxylic acids is 2. The zero-order chi connectivity index (χ0) is 29.8. The van der Waals surface area contributed by atoms with E-state index in [-0.39, 0.29) is 23.4 Å². The van der Waals surface area contributed by atoms with Crippen LogP contribution >= 0.6 is 34.8 Å². The van der Waals surface area contributed by atoms with Crippen LogP contribution in [0.2, 0.25) is 15.1 Å². The number of sulfonamides is 1. The van der Waals surface area contributed by atoms with Crippen LogP contribution in [0.5, 0.6) is 0 Å². The van der Waals surface area contributed by atoms with Crippen molar-refractivity contribution in [3.63, 3.8) is 0 Å². The fourth-order valence-electron chi connectivity index (χ4n) is 3.97. The lowest BCUT2D eigenvalue weighted by atomic mass is 10.1. The standard InChI is InChI=1S/C29H32Cl3N3O4S/c1-18(2)33-29(37)21(5)34(16-22-7-13-26(31)27(32)15-22)28(36)17-35(24-10-6-19(3)20(4)14-24)40(38,39)25-11-8-23(30)9-12-25/h6-15,18,21H,16-17H2,1-5H3,(H,33,37)/t21-/m0/s1. The first-order chi connectivity index (χ1) is 18.7. The Labute approximate surface area is 251 Å². The Balaban J connectivity index is 2.07. The van der Waals surface area contributed by atoms with Gasteiger partial charge in [-0.15, -0.1) is 0 Å². The van der Waals surface area contributed by atoms with Gasteiger partial charge in [0, 0.05) is 17.6 Å². The van der Waals surface area contributed by atoms with Crippen molar-refractivity contribution in [1.82, 2.24) is 10.2 Å². The summed E-state index contributed by atoms with van der Waals surface area (Å²) in [5, 5.41) is 3.85. The molecule has 40 heavy (non-hydrogen) atoms. The third kappa shape index (κ3) is 7.69. The predicted octanol–water partition coefficient (Wildman–Crippen LogP) is 6.40. The maximum atomic E-state index is 14.0. The number of nitrogens with zero attached hydrogens (tertiary/aromatic N) is 2. The van der Waals surface area contributed by atoms with Crippen LogP contribution in [0.3, 0.4) is 0 Å². The molecule has 3 aromatic rings. The van der Waals surface area contributed by atoms with Gasteiger partial charge < -0.3 is 10.2 Å². The number of hydrogen-bond donors (Lipinski definition) is 1. The normalized spacial score (nSPS) is 12.2. The van der Waals surface area contributed by atoms with E-state index in [9.17, 15) is 18.0 Å². The number of benzene rings is 3. The topological polar surface area (TPSA) is 86.8 Å². The third-order valence-electron chi connectivity index (χ3n) is 6.39. The van der Waals surface area contributed by atoms with Crippen LogP contribution in [0.15, 0.2) is 65.6 Å². The SMILES string of the molecule is Cc1ccc(N(CC(=O)N(Cc2ccc(Cl)c(Cl)c2)[C@@H](C)C(=O)NC(C)C)S(=O)(=O)c2ccc(Cl)cc2)cc1C. The van der Waals surface area contributed by atoms with Gasteiger partial charge in [-0.3, -0.25) is 13.9 Å². The fourth-order valence-corrected chi connectivity index (χ4v) is 5.82. The van der Waals surface area contributed by atoms with E-state index in [1.165, 1.54) is 29.2 Å². The monoisotopic (exact) mass is 623 g/mol. The number of aryl methyl sites for hydroxylation is 2. The minimum Gasteiger partial charge on any atom is -0.352 e. The van der Waals surface area contributed by atoms with Crippen LogP contribution < -0.4 is 9.62 Å². The Hall–Kier alpha value is -2.78. The van der Waals surface area contributed by atoms with E-state index < -0.39 is 28.5 Å². The lowest BCUT2D eigenvalue weighted by molar-refractivity contribution is -0.139. The van der Waals surface area contributed by atoms with Gasteiger partial charge in [-0.2, -0.15) is 0 Å². The zero-order valence-electron chi connectivity index (χ0n) is 22.9. The van der Waals surface area contributed by atoms with Crippen LogP contribution in [0.1, 0.15) is 37.5 Å². The summed E-state index contributed by atoms with van der Waals surface area (Å²) in [6.07, 6.45) is 0. The molecule has 0 aromatic heterocycles. The summed E-state index contributed by atoms with van der Waals surface area (Å²) >= 11 is 18.3. The van der Waals surface area contributed by atoms with Gasteiger partial charge >= 0.3 is 0 Å². The van der Waals surface area contributed by atoms with Gasteiger partial charge in [0.1, 0.15) is 12.6 Å². The Bertz CT molecular complexity index is 1490. The molecule has 2 amide bonds. The summed E-state index contributed by atoms with van der Waals surface area (Å²) in [5.41, 5.74) is 2.78. The highest BCUT2D eigenvalue weighted by Crippen LogP contribution is 2.28. The molecule has 0 unspecified atom stereocenters. The number of nitrogens with one attached hydrogen (secondary N) is 1. The summed E-state index contributed by atoms with van der Waals surface area (Å²) in [4.78, 5) is 28.3. The van der Waals surface area contributed by atoms with Gasteiger partial charge in [-0.1, -0.05) is 46.9 Å². The molecule has 3 aromatic carbocycles. The molecule has 0 aliphatic carbocycles. The highest BCUT2D eigenvalue weighted by atomic mass is 35.5. The second-order valence-electron chi connectivity index (χ2n) is 9.84. The van der Waals surface area contributed by atoms with E-state index in [0.29, 0.717) is 26.3 Å². The van der Waals surface area contributed by atoms with Gasteiger partial charge in [0.15, 0.2) is 0 Å². The highest BCUT2D eigenvalue weighted by molar-refractivity contribution is 7.92. The predicted molar refractivity (Wildman–Crippen MR) is 162 cm³/mol. The third-order valence-corrected chi connectivity index (χ3v) is 9.17. The number of hydrogen-bond acceptors (Lipinski definition) is 4. The van der Waals surface area contributed by atoms with Crippen molar-refractivity contribution in [2.75, 3.05) is 10.8 Å². The first-order valence-electron chi connectivity index (χ1n) is 12.6. The van der Waals surface area contributed by atoms with E-state index >= 15 is 0 Å². The minimum atomic E-state index is -4.19. The lowest BCUT2D eigenvalue weighted by Gasteiger charge is -2.32. The average molecular weight is 625 g/mol. The molecule has 0 aliphatic heterocycles. The molecular weight excluding hydrogens is 593 g/mol. The minimum absolute atomic E-state index is 0.00413. The van der Waals surface area contributed by atoms with Crippen LogP contribution in [-0.4, -0.2) is 43.8 Å². The second-order valence-corrected chi connectivity index (χ2v) is 13.0. The fraction of sp³-hybridized carbons (Fsp3) is 0.310. The molecule has 0 saturated carbocycles. The van der Waals surface area contributed by atoms with Crippen LogP contribution in [0, 0.1) is 13.8 Å². The van der Waals surface area contributed by atoms with Crippen LogP contribution in [-0.2, 0) is 26.2 Å². The Kier molecular flexibility index (Phi) is 10.5. The van der Waals surface area contributed by atoms with Gasteiger partial charge in [-0.05, 0) is 99.8 Å². The molecule has 1 N–H and O–H groups in total. The molecule has 0 spiro atoms. The Morgan fingerprint density at radius 1 is 0.850 bits per heavy atom. The van der Waals surface area contributed by atoms with E-state index in [1.807, 2.05) is 27.7 Å². The van der Waals surface area contributed by atoms with E-state index in [0.717, 1.165) is 15.4 Å². The number of carbonyl (C=O) groups is 2. The molecule has 1 atom stereocenters. The number of rotatable bonds is 10. The van der Waals surface area contributed by atoms with Crippen molar-refractivity contribution in [2.24, 2.45) is 0 Å². The first kappa shape index (κ1) is 31.7. The van der Waals surface area contributed by atoms with Crippen LogP contribution in [0.4, 0.5) is 5.69 Å². The molecular formula is C29H32Cl3N3O4S. The summed E-state index contributed by atoms with van der Waals surface area (Å²) in [5.74, 6) is -0.949. The molecule has 214 valence electrons. The van der Waals surface area contributed by atoms with E-state index in [1.54, 1.807) is 43.3 Å². The highest BCUT2D eigenvalue weighted by Gasteiger charge is 2.33. The lowest BCUT2D eigenvalue weighted by Crippen LogP contribution is -2.52. The summed E-state index contributed by atoms with van der Waals surface area (Å²) in [6.45, 7) is 8.46. The van der Waals surface area contributed by atoms with Gasteiger partial charge in [-0.25, -0.2) is 8.42 Å². The molecule has 0 aliphatic rings. The van der Waals surface area contributed by atoms with E-state index in [2.05, 4.69) is 5.32 Å². The first-order valence-corrected chi connectivity index (χ1v) is 15.2. The summed E-state index contributed by atoms with van der Waals surface area (Å²) < 4.78 is 28.8. The van der Waals surface area contributed by atoms with Gasteiger partial charge in [0.25, 0.3) is 10.0 Å². The van der Waals surface area contributed by atoms with Gasteiger partial charge in [0.05, 0.1) is 20.6 Å². The Morgan fingerprint density at radius 2 is 1.50 bits per heavy atom. The average Bonchev–Trinajstić information content (AvgIpc) is 2.88. The Morgan fingerprint density at radius 3 is 2.08 bits per heavy atom. The molecule has 7 nitrogen and oxygen atoms in total.